The number of amides is 1. The molecule has 6 nitrogen and oxygen atoms in total. The number of rotatable bonds is 3. The molecule has 0 bridgehead atoms. The van der Waals surface area contributed by atoms with Crippen LogP contribution < -0.4 is 4.90 Å². The van der Waals surface area contributed by atoms with Crippen LogP contribution >= 0.6 is 0 Å². The van der Waals surface area contributed by atoms with Crippen LogP contribution in [0.15, 0.2) is 30.6 Å². The van der Waals surface area contributed by atoms with E-state index >= 15 is 0 Å². The highest BCUT2D eigenvalue weighted by molar-refractivity contribution is 6.07. The largest absolute Gasteiger partial charge is 0.314 e. The summed E-state index contributed by atoms with van der Waals surface area (Å²) in [6.45, 7) is 6.88. The number of hydrogen-bond donors (Lipinski definition) is 0. The number of likely N-dealkylation sites (tertiary alicyclic amines) is 1. The van der Waals surface area contributed by atoms with Crippen molar-refractivity contribution in [3.8, 4) is 0 Å². The van der Waals surface area contributed by atoms with Crippen LogP contribution in [0.4, 0.5) is 5.69 Å². The SMILES string of the molecule is CC(C)n1cnnc1CN1CCC2(CC1)C(=O)N(C)c1ccccc12. The van der Waals surface area contributed by atoms with E-state index < -0.39 is 0 Å². The van der Waals surface area contributed by atoms with Crippen molar-refractivity contribution in [3.05, 3.63) is 42.0 Å². The maximum atomic E-state index is 13.0. The molecule has 0 radical (unpaired) electrons. The van der Waals surface area contributed by atoms with Crippen molar-refractivity contribution in [2.75, 3.05) is 25.0 Å². The summed E-state index contributed by atoms with van der Waals surface area (Å²) < 4.78 is 2.12. The van der Waals surface area contributed by atoms with Crippen molar-refractivity contribution >= 4 is 11.6 Å². The van der Waals surface area contributed by atoms with Crippen molar-refractivity contribution in [2.24, 2.45) is 0 Å². The van der Waals surface area contributed by atoms with Gasteiger partial charge in [-0.15, -0.1) is 10.2 Å². The van der Waals surface area contributed by atoms with Gasteiger partial charge in [-0.1, -0.05) is 18.2 Å². The Balaban J connectivity index is 1.52. The van der Waals surface area contributed by atoms with Gasteiger partial charge in [-0.25, -0.2) is 0 Å². The molecule has 1 aromatic heterocycles. The van der Waals surface area contributed by atoms with Gasteiger partial charge in [0.25, 0.3) is 0 Å². The molecule has 132 valence electrons. The van der Waals surface area contributed by atoms with Crippen LogP contribution in [0.2, 0.25) is 0 Å². The predicted octanol–water partition coefficient (Wildman–Crippen LogP) is 2.37. The molecular weight excluding hydrogens is 314 g/mol. The quantitative estimate of drug-likeness (QED) is 0.861. The van der Waals surface area contributed by atoms with Gasteiger partial charge in [0.2, 0.25) is 5.91 Å². The van der Waals surface area contributed by atoms with Crippen LogP contribution in [0, 0.1) is 0 Å². The Hall–Kier alpha value is -2.21. The van der Waals surface area contributed by atoms with Crippen molar-refractivity contribution in [1.82, 2.24) is 19.7 Å². The number of nitrogens with zero attached hydrogens (tertiary/aromatic N) is 5. The molecule has 2 aromatic rings. The summed E-state index contributed by atoms with van der Waals surface area (Å²) in [6.07, 6.45) is 3.53. The summed E-state index contributed by atoms with van der Waals surface area (Å²) in [5, 5.41) is 8.34. The van der Waals surface area contributed by atoms with Crippen LogP contribution in [-0.2, 0) is 16.8 Å². The fourth-order valence-corrected chi connectivity index (χ4v) is 4.30. The molecular formula is C19H25N5O. The van der Waals surface area contributed by atoms with E-state index in [0.717, 1.165) is 44.0 Å². The van der Waals surface area contributed by atoms with Crippen LogP contribution in [0.3, 0.4) is 0 Å². The molecule has 3 heterocycles. The van der Waals surface area contributed by atoms with Gasteiger partial charge in [-0.3, -0.25) is 9.69 Å². The topological polar surface area (TPSA) is 54.3 Å². The molecule has 0 atom stereocenters. The smallest absolute Gasteiger partial charge is 0.237 e. The number of likely N-dealkylation sites (N-methyl/N-ethyl adjacent to an activating group) is 1. The first-order chi connectivity index (χ1) is 12.0. The summed E-state index contributed by atoms with van der Waals surface area (Å²) in [5.74, 6) is 1.25. The first-order valence-electron chi connectivity index (χ1n) is 9.01. The Bertz CT molecular complexity index is 789. The summed E-state index contributed by atoms with van der Waals surface area (Å²) in [4.78, 5) is 17.2. The number of piperidine rings is 1. The van der Waals surface area contributed by atoms with E-state index in [1.165, 1.54) is 5.56 Å². The molecule has 4 rings (SSSR count). The molecule has 0 unspecified atom stereocenters. The van der Waals surface area contributed by atoms with Crippen LogP contribution in [0.25, 0.3) is 0 Å². The van der Waals surface area contributed by atoms with Gasteiger partial charge in [0.05, 0.1) is 12.0 Å². The maximum Gasteiger partial charge on any atom is 0.237 e. The van der Waals surface area contributed by atoms with E-state index in [9.17, 15) is 4.79 Å². The van der Waals surface area contributed by atoms with Gasteiger partial charge >= 0.3 is 0 Å². The minimum Gasteiger partial charge on any atom is -0.314 e. The molecule has 1 amide bonds. The first-order valence-corrected chi connectivity index (χ1v) is 9.01. The maximum absolute atomic E-state index is 13.0. The number of fused-ring (bicyclic) bond motifs is 2. The van der Waals surface area contributed by atoms with Gasteiger partial charge in [0, 0.05) is 18.8 Å². The standard InChI is InChI=1S/C19H25N5O/c1-14(2)24-13-20-21-17(24)12-23-10-8-19(9-11-23)15-6-4-5-7-16(15)22(3)18(19)25/h4-7,13-14H,8-12H2,1-3H3. The Labute approximate surface area is 148 Å². The van der Waals surface area contributed by atoms with E-state index in [1.54, 1.807) is 6.33 Å². The number of carbonyl (C=O) groups excluding carboxylic acids is 1. The third kappa shape index (κ3) is 2.47. The molecule has 2 aliphatic rings. The number of anilines is 1. The molecule has 0 saturated carbocycles. The molecule has 0 N–H and O–H groups in total. The molecule has 1 saturated heterocycles. The van der Waals surface area contributed by atoms with Crippen LogP contribution in [0.5, 0.6) is 0 Å². The Kier molecular flexibility index (Phi) is 3.87. The highest BCUT2D eigenvalue weighted by Crippen LogP contribution is 2.47. The highest BCUT2D eigenvalue weighted by Gasteiger charge is 2.50. The molecule has 1 aromatic carbocycles. The van der Waals surface area contributed by atoms with Gasteiger partial charge in [-0.05, 0) is 51.4 Å². The fraction of sp³-hybridized carbons (Fsp3) is 0.526. The zero-order chi connectivity index (χ0) is 17.6. The molecule has 2 aliphatic heterocycles. The number of aromatic nitrogens is 3. The van der Waals surface area contributed by atoms with Crippen LogP contribution in [0.1, 0.15) is 44.1 Å². The van der Waals surface area contributed by atoms with Gasteiger partial charge in [0.1, 0.15) is 12.2 Å². The second-order valence-electron chi connectivity index (χ2n) is 7.49. The first kappa shape index (κ1) is 16.3. The Morgan fingerprint density at radius 3 is 2.64 bits per heavy atom. The van der Waals surface area contributed by atoms with E-state index in [4.69, 9.17) is 0 Å². The predicted molar refractivity (Wildman–Crippen MR) is 96.4 cm³/mol. The monoisotopic (exact) mass is 339 g/mol. The van der Waals surface area contributed by atoms with Crippen molar-refractivity contribution in [3.63, 3.8) is 0 Å². The fourth-order valence-electron chi connectivity index (χ4n) is 4.30. The van der Waals surface area contributed by atoms with E-state index in [0.29, 0.717) is 6.04 Å². The molecule has 0 aliphatic carbocycles. The lowest BCUT2D eigenvalue weighted by Crippen LogP contribution is -2.48. The van der Waals surface area contributed by atoms with Crippen LogP contribution in [-0.4, -0.2) is 45.7 Å². The van der Waals surface area contributed by atoms with E-state index in [-0.39, 0.29) is 11.3 Å². The molecule has 1 fully saturated rings. The number of para-hydroxylation sites is 1. The van der Waals surface area contributed by atoms with Crippen molar-refractivity contribution in [1.29, 1.82) is 0 Å². The van der Waals surface area contributed by atoms with Crippen molar-refractivity contribution in [2.45, 2.75) is 44.7 Å². The number of hydrogen-bond acceptors (Lipinski definition) is 4. The zero-order valence-corrected chi connectivity index (χ0v) is 15.1. The third-order valence-electron chi connectivity index (χ3n) is 5.77. The number of benzene rings is 1. The second-order valence-corrected chi connectivity index (χ2v) is 7.49. The lowest BCUT2D eigenvalue weighted by Gasteiger charge is -2.38. The minimum absolute atomic E-state index is 0.249. The minimum atomic E-state index is -0.340. The van der Waals surface area contributed by atoms with E-state index in [1.807, 2.05) is 24.1 Å². The summed E-state index contributed by atoms with van der Waals surface area (Å²) in [6, 6.07) is 8.60. The summed E-state index contributed by atoms with van der Waals surface area (Å²) in [5.41, 5.74) is 1.93. The molecule has 25 heavy (non-hydrogen) atoms. The average Bonchev–Trinajstić information content (AvgIpc) is 3.16. The zero-order valence-electron chi connectivity index (χ0n) is 15.1. The van der Waals surface area contributed by atoms with Gasteiger partial charge < -0.3 is 9.47 Å². The average molecular weight is 339 g/mol. The lowest BCUT2D eigenvalue weighted by atomic mass is 9.73. The lowest BCUT2D eigenvalue weighted by molar-refractivity contribution is -0.124. The third-order valence-corrected chi connectivity index (χ3v) is 5.77. The summed E-state index contributed by atoms with van der Waals surface area (Å²) in [7, 11) is 1.90. The molecule has 6 heteroatoms. The normalized spacial score (nSPS) is 19.8. The Morgan fingerprint density at radius 1 is 1.20 bits per heavy atom. The highest BCUT2D eigenvalue weighted by atomic mass is 16.2. The second kappa shape index (κ2) is 5.95. The Morgan fingerprint density at radius 2 is 1.92 bits per heavy atom. The molecule has 1 spiro atoms. The number of carbonyl (C=O) groups is 1. The van der Waals surface area contributed by atoms with Gasteiger partial charge in [0.15, 0.2) is 0 Å². The van der Waals surface area contributed by atoms with Gasteiger partial charge in [-0.2, -0.15) is 0 Å². The van der Waals surface area contributed by atoms with Crippen molar-refractivity contribution < 1.29 is 4.79 Å². The van der Waals surface area contributed by atoms with E-state index in [2.05, 4.69) is 45.6 Å². The summed E-state index contributed by atoms with van der Waals surface area (Å²) >= 11 is 0.